The van der Waals surface area contributed by atoms with Crippen molar-refractivity contribution in [1.29, 1.82) is 0 Å². The van der Waals surface area contributed by atoms with Crippen molar-refractivity contribution in [2.75, 3.05) is 6.54 Å². The summed E-state index contributed by atoms with van der Waals surface area (Å²) in [6.07, 6.45) is 5.82. The van der Waals surface area contributed by atoms with E-state index in [1.807, 2.05) is 13.8 Å². The Balaban J connectivity index is 0.00000180. The maximum absolute atomic E-state index is 12.3. The van der Waals surface area contributed by atoms with Crippen LogP contribution >= 0.6 is 24.8 Å². The number of fused-ring (bicyclic) bond motifs is 2. The molecule has 0 aliphatic heterocycles. The molecule has 2 atom stereocenters. The first-order valence-corrected chi connectivity index (χ1v) is 7.20. The summed E-state index contributed by atoms with van der Waals surface area (Å²) < 4.78 is 0. The van der Waals surface area contributed by atoms with Crippen molar-refractivity contribution in [3.05, 3.63) is 0 Å². The molecule has 0 radical (unpaired) electrons. The van der Waals surface area contributed by atoms with Gasteiger partial charge in [0.25, 0.3) is 0 Å². The standard InChI is InChI=1S/C14H27N3O.2ClH/c1-14(2,8-15)13(18)17-12-9-4-3-5-10(12)7-11(16)6-9;;/h9-12H,3-8,15-16H2,1-2H3,(H,17,18);2*1H. The zero-order valence-corrected chi connectivity index (χ0v) is 14.1. The fourth-order valence-electron chi connectivity index (χ4n) is 3.46. The number of hydrogen-bond donors (Lipinski definition) is 3. The number of rotatable bonds is 3. The van der Waals surface area contributed by atoms with Gasteiger partial charge in [-0.1, -0.05) is 6.42 Å². The first kappa shape index (κ1) is 20.0. The summed E-state index contributed by atoms with van der Waals surface area (Å²) >= 11 is 0. The normalized spacial score (nSPS) is 32.6. The molecule has 0 aromatic carbocycles. The van der Waals surface area contributed by atoms with Crippen LogP contribution in [0.15, 0.2) is 0 Å². The summed E-state index contributed by atoms with van der Waals surface area (Å²) in [4.78, 5) is 12.3. The van der Waals surface area contributed by atoms with Crippen molar-refractivity contribution in [3.8, 4) is 0 Å². The second-order valence-electron chi connectivity index (χ2n) is 6.77. The lowest BCUT2D eigenvalue weighted by Crippen LogP contribution is -2.56. The van der Waals surface area contributed by atoms with Gasteiger partial charge in [0, 0.05) is 18.6 Å². The molecule has 2 fully saturated rings. The smallest absolute Gasteiger partial charge is 0.227 e. The van der Waals surface area contributed by atoms with Crippen LogP contribution in [0.3, 0.4) is 0 Å². The number of hydrogen-bond acceptors (Lipinski definition) is 3. The molecule has 120 valence electrons. The highest BCUT2D eigenvalue weighted by Crippen LogP contribution is 2.40. The van der Waals surface area contributed by atoms with Gasteiger partial charge in [0.15, 0.2) is 0 Å². The van der Waals surface area contributed by atoms with Crippen molar-refractivity contribution >= 4 is 30.7 Å². The molecule has 2 aliphatic rings. The Bertz CT molecular complexity index is 312. The fourth-order valence-corrected chi connectivity index (χ4v) is 3.46. The Morgan fingerprint density at radius 3 is 2.15 bits per heavy atom. The zero-order chi connectivity index (χ0) is 13.3. The third kappa shape index (κ3) is 4.23. The van der Waals surface area contributed by atoms with Crippen LogP contribution in [0, 0.1) is 17.3 Å². The monoisotopic (exact) mass is 325 g/mol. The number of halogens is 2. The van der Waals surface area contributed by atoms with Gasteiger partial charge < -0.3 is 16.8 Å². The lowest BCUT2D eigenvalue weighted by Gasteiger charge is -2.46. The number of carbonyl (C=O) groups is 1. The Labute approximate surface area is 134 Å². The molecule has 2 rings (SSSR count). The Morgan fingerprint density at radius 2 is 1.70 bits per heavy atom. The lowest BCUT2D eigenvalue weighted by atomic mass is 9.66. The van der Waals surface area contributed by atoms with Gasteiger partial charge in [0.2, 0.25) is 5.91 Å². The summed E-state index contributed by atoms with van der Waals surface area (Å²) in [5.41, 5.74) is 11.3. The van der Waals surface area contributed by atoms with Crippen LogP contribution in [0.2, 0.25) is 0 Å². The maximum atomic E-state index is 12.3. The predicted octanol–water partition coefficient (Wildman–Crippen LogP) is 1.84. The highest BCUT2D eigenvalue weighted by atomic mass is 35.5. The molecule has 4 nitrogen and oxygen atoms in total. The van der Waals surface area contributed by atoms with E-state index in [1.54, 1.807) is 0 Å². The van der Waals surface area contributed by atoms with Gasteiger partial charge in [0.1, 0.15) is 0 Å². The minimum atomic E-state index is -0.464. The first-order valence-electron chi connectivity index (χ1n) is 7.20. The summed E-state index contributed by atoms with van der Waals surface area (Å²) in [7, 11) is 0. The molecular formula is C14H29Cl2N3O. The van der Waals surface area contributed by atoms with Crippen molar-refractivity contribution in [1.82, 2.24) is 5.32 Å². The van der Waals surface area contributed by atoms with E-state index in [-0.39, 0.29) is 30.7 Å². The quantitative estimate of drug-likeness (QED) is 0.740. The molecule has 2 saturated carbocycles. The van der Waals surface area contributed by atoms with Crippen LogP contribution in [0.1, 0.15) is 46.0 Å². The zero-order valence-electron chi connectivity index (χ0n) is 12.4. The number of carbonyl (C=O) groups excluding carboxylic acids is 1. The van der Waals surface area contributed by atoms with Crippen LogP contribution in [-0.4, -0.2) is 24.5 Å². The molecule has 0 spiro atoms. The fraction of sp³-hybridized carbons (Fsp3) is 0.929. The molecular weight excluding hydrogens is 297 g/mol. The molecule has 6 heteroatoms. The van der Waals surface area contributed by atoms with Crippen molar-refractivity contribution in [3.63, 3.8) is 0 Å². The second kappa shape index (κ2) is 7.83. The summed E-state index contributed by atoms with van der Waals surface area (Å²) in [6.45, 7) is 4.21. The van der Waals surface area contributed by atoms with Gasteiger partial charge in [-0.25, -0.2) is 0 Å². The van der Waals surface area contributed by atoms with E-state index in [1.165, 1.54) is 19.3 Å². The number of nitrogens with two attached hydrogens (primary N) is 2. The van der Waals surface area contributed by atoms with Gasteiger partial charge in [-0.05, 0) is 51.4 Å². The largest absolute Gasteiger partial charge is 0.352 e. The van der Waals surface area contributed by atoms with E-state index in [0.717, 1.165) is 12.8 Å². The van der Waals surface area contributed by atoms with E-state index in [0.29, 0.717) is 30.5 Å². The molecule has 0 saturated heterocycles. The summed E-state index contributed by atoms with van der Waals surface area (Å²) in [6, 6.07) is 0.660. The first-order chi connectivity index (χ1) is 8.44. The Kier molecular flexibility index (Phi) is 7.82. The van der Waals surface area contributed by atoms with E-state index in [2.05, 4.69) is 5.32 Å². The highest BCUT2D eigenvalue weighted by molar-refractivity contribution is 5.85. The molecule has 2 bridgehead atoms. The van der Waals surface area contributed by atoms with Gasteiger partial charge in [-0.3, -0.25) is 4.79 Å². The van der Waals surface area contributed by atoms with Crippen LogP contribution in [0.5, 0.6) is 0 Å². The van der Waals surface area contributed by atoms with Crippen LogP contribution < -0.4 is 16.8 Å². The minimum absolute atomic E-state index is 0. The maximum Gasteiger partial charge on any atom is 0.227 e. The third-order valence-electron chi connectivity index (χ3n) is 4.80. The van der Waals surface area contributed by atoms with E-state index >= 15 is 0 Å². The van der Waals surface area contributed by atoms with Crippen LogP contribution in [0.4, 0.5) is 0 Å². The topological polar surface area (TPSA) is 81.1 Å². The molecule has 2 aliphatic carbocycles. The molecule has 20 heavy (non-hydrogen) atoms. The number of amides is 1. The lowest BCUT2D eigenvalue weighted by molar-refractivity contribution is -0.131. The number of nitrogens with one attached hydrogen (secondary N) is 1. The SMILES string of the molecule is CC(C)(CN)C(=O)NC1C2CCCC1CC(N)C2.Cl.Cl. The predicted molar refractivity (Wildman–Crippen MR) is 87.3 cm³/mol. The average Bonchev–Trinajstić information content (AvgIpc) is 2.30. The van der Waals surface area contributed by atoms with Gasteiger partial charge in [-0.2, -0.15) is 0 Å². The molecule has 0 aromatic rings. The Hall–Kier alpha value is -0.0300. The van der Waals surface area contributed by atoms with E-state index in [9.17, 15) is 4.79 Å². The van der Waals surface area contributed by atoms with Gasteiger partial charge >= 0.3 is 0 Å². The Morgan fingerprint density at radius 1 is 1.20 bits per heavy atom. The van der Waals surface area contributed by atoms with Gasteiger partial charge in [-0.15, -0.1) is 24.8 Å². The summed E-state index contributed by atoms with van der Waals surface area (Å²) in [5, 5.41) is 3.26. The summed E-state index contributed by atoms with van der Waals surface area (Å²) in [5.74, 6) is 1.25. The minimum Gasteiger partial charge on any atom is -0.352 e. The molecule has 2 unspecified atom stereocenters. The molecule has 0 heterocycles. The van der Waals surface area contributed by atoms with E-state index in [4.69, 9.17) is 11.5 Å². The van der Waals surface area contributed by atoms with Crippen molar-refractivity contribution < 1.29 is 4.79 Å². The van der Waals surface area contributed by atoms with Crippen LogP contribution in [-0.2, 0) is 4.79 Å². The molecule has 1 amide bonds. The van der Waals surface area contributed by atoms with E-state index < -0.39 is 5.41 Å². The highest BCUT2D eigenvalue weighted by Gasteiger charge is 2.41. The second-order valence-corrected chi connectivity index (χ2v) is 6.77. The van der Waals surface area contributed by atoms with Crippen LogP contribution in [0.25, 0.3) is 0 Å². The molecule has 5 N–H and O–H groups in total. The van der Waals surface area contributed by atoms with Gasteiger partial charge in [0.05, 0.1) is 5.41 Å². The van der Waals surface area contributed by atoms with Crippen molar-refractivity contribution in [2.24, 2.45) is 28.7 Å². The van der Waals surface area contributed by atoms with Crippen molar-refractivity contribution in [2.45, 2.75) is 58.0 Å². The third-order valence-corrected chi connectivity index (χ3v) is 4.80. The average molecular weight is 326 g/mol. The molecule has 0 aromatic heterocycles.